The van der Waals surface area contributed by atoms with Crippen LogP contribution in [0.25, 0.3) is 0 Å². The molecule has 0 radical (unpaired) electrons. The summed E-state index contributed by atoms with van der Waals surface area (Å²) < 4.78 is 0. The normalized spacial score (nSPS) is 19.7. The van der Waals surface area contributed by atoms with E-state index >= 15 is 0 Å². The molecule has 0 bridgehead atoms. The van der Waals surface area contributed by atoms with E-state index in [1.54, 1.807) is 0 Å². The lowest BCUT2D eigenvalue weighted by molar-refractivity contribution is 0.955. The van der Waals surface area contributed by atoms with E-state index in [4.69, 9.17) is 5.26 Å². The molecule has 0 aromatic rings. The van der Waals surface area contributed by atoms with Crippen LogP contribution < -0.4 is 0 Å². The molecule has 1 nitrogen and oxygen atoms in total. The summed E-state index contributed by atoms with van der Waals surface area (Å²) in [5, 5.41) is 8.67. The van der Waals surface area contributed by atoms with Crippen LogP contribution in [0, 0.1) is 17.2 Å². The maximum absolute atomic E-state index is 8.67. The Balaban J connectivity index is 2.70. The van der Waals surface area contributed by atoms with Gasteiger partial charge in [-0.05, 0) is 32.1 Å². The average molecular weight is 135 g/mol. The summed E-state index contributed by atoms with van der Waals surface area (Å²) in [5.41, 5.74) is 2.34. The molecule has 1 aliphatic carbocycles. The minimum atomic E-state index is 0.759. The molecule has 1 heteroatoms. The van der Waals surface area contributed by atoms with Crippen LogP contribution in [-0.4, -0.2) is 0 Å². The summed E-state index contributed by atoms with van der Waals surface area (Å²) in [5.74, 6) is 0.759. The first kappa shape index (κ1) is 7.34. The van der Waals surface area contributed by atoms with Crippen LogP contribution in [0.3, 0.4) is 0 Å². The Labute approximate surface area is 62.4 Å². The molecular weight excluding hydrogens is 122 g/mol. The van der Waals surface area contributed by atoms with Gasteiger partial charge in [-0.1, -0.05) is 12.5 Å². The third-order valence-electron chi connectivity index (χ3n) is 2.15. The number of hydrogen-bond donors (Lipinski definition) is 0. The fraction of sp³-hybridized carbons (Fsp3) is 0.667. The van der Waals surface area contributed by atoms with Crippen LogP contribution in [0.2, 0.25) is 0 Å². The van der Waals surface area contributed by atoms with Crippen LogP contribution >= 0.6 is 0 Å². The number of hydrogen-bond acceptors (Lipinski definition) is 1. The van der Waals surface area contributed by atoms with Gasteiger partial charge >= 0.3 is 0 Å². The molecule has 0 atom stereocenters. The summed E-state index contributed by atoms with van der Waals surface area (Å²) in [6, 6.07) is 2.25. The van der Waals surface area contributed by atoms with Crippen molar-refractivity contribution in [2.75, 3.05) is 0 Å². The smallest absolute Gasteiger partial charge is 0.0946 e. The zero-order chi connectivity index (χ0) is 7.56. The lowest BCUT2D eigenvalue weighted by Crippen LogP contribution is -1.85. The van der Waals surface area contributed by atoms with Crippen LogP contribution in [-0.2, 0) is 0 Å². The van der Waals surface area contributed by atoms with Crippen LogP contribution in [0.1, 0.15) is 33.1 Å². The van der Waals surface area contributed by atoms with Gasteiger partial charge in [0.05, 0.1) is 6.07 Å². The molecule has 0 spiro atoms. The third-order valence-corrected chi connectivity index (χ3v) is 2.15. The highest BCUT2D eigenvalue weighted by Gasteiger charge is 2.24. The van der Waals surface area contributed by atoms with Crippen molar-refractivity contribution in [3.05, 3.63) is 11.1 Å². The van der Waals surface area contributed by atoms with E-state index in [1.165, 1.54) is 18.4 Å². The van der Waals surface area contributed by atoms with Gasteiger partial charge in [-0.15, -0.1) is 0 Å². The van der Waals surface area contributed by atoms with Gasteiger partial charge < -0.3 is 0 Å². The van der Waals surface area contributed by atoms with E-state index in [0.717, 1.165) is 17.9 Å². The molecular formula is C9H13N. The number of nitriles is 1. The Morgan fingerprint density at radius 3 is 2.50 bits per heavy atom. The van der Waals surface area contributed by atoms with Crippen molar-refractivity contribution >= 4 is 0 Å². The molecule has 10 heavy (non-hydrogen) atoms. The molecule has 1 fully saturated rings. The summed E-state index contributed by atoms with van der Waals surface area (Å²) in [6.45, 7) is 4.14. The molecule has 0 unspecified atom stereocenters. The maximum Gasteiger partial charge on any atom is 0.0946 e. The van der Waals surface area contributed by atoms with E-state index < -0.39 is 0 Å². The van der Waals surface area contributed by atoms with Gasteiger partial charge in [0.15, 0.2) is 0 Å². The minimum absolute atomic E-state index is 0.759. The molecule has 0 aromatic carbocycles. The van der Waals surface area contributed by atoms with Crippen molar-refractivity contribution in [1.29, 1.82) is 5.26 Å². The average Bonchev–Trinajstić information content (AvgIpc) is 2.71. The lowest BCUT2D eigenvalue weighted by Gasteiger charge is -1.98. The minimum Gasteiger partial charge on any atom is -0.193 e. The topological polar surface area (TPSA) is 23.8 Å². The predicted molar refractivity (Wildman–Crippen MR) is 41.3 cm³/mol. The van der Waals surface area contributed by atoms with E-state index in [-0.39, 0.29) is 0 Å². The first-order valence-corrected chi connectivity index (χ1v) is 3.89. The molecule has 0 N–H and O–H groups in total. The summed E-state index contributed by atoms with van der Waals surface area (Å²) in [7, 11) is 0. The fourth-order valence-electron chi connectivity index (χ4n) is 1.21. The van der Waals surface area contributed by atoms with E-state index in [2.05, 4.69) is 13.0 Å². The van der Waals surface area contributed by atoms with Crippen LogP contribution in [0.15, 0.2) is 11.1 Å². The molecule has 1 rings (SSSR count). The second kappa shape index (κ2) is 2.88. The van der Waals surface area contributed by atoms with Crippen molar-refractivity contribution in [2.45, 2.75) is 33.1 Å². The van der Waals surface area contributed by atoms with E-state index in [1.807, 2.05) is 6.92 Å². The lowest BCUT2D eigenvalue weighted by atomic mass is 10.1. The molecule has 0 aliphatic heterocycles. The highest BCUT2D eigenvalue weighted by Crippen LogP contribution is 2.37. The SMILES string of the molecule is CCC(C#N)=C(C)C1CC1. The van der Waals surface area contributed by atoms with Gasteiger partial charge in [0.25, 0.3) is 0 Å². The van der Waals surface area contributed by atoms with Crippen molar-refractivity contribution in [2.24, 2.45) is 5.92 Å². The van der Waals surface area contributed by atoms with Crippen LogP contribution in [0.5, 0.6) is 0 Å². The number of allylic oxidation sites excluding steroid dienone is 2. The Morgan fingerprint density at radius 1 is 1.60 bits per heavy atom. The molecule has 1 saturated carbocycles. The Hall–Kier alpha value is -0.770. The molecule has 0 heterocycles. The van der Waals surface area contributed by atoms with Crippen molar-refractivity contribution < 1.29 is 0 Å². The van der Waals surface area contributed by atoms with Gasteiger partial charge in [-0.25, -0.2) is 0 Å². The number of rotatable bonds is 2. The monoisotopic (exact) mass is 135 g/mol. The highest BCUT2D eigenvalue weighted by molar-refractivity contribution is 5.29. The third kappa shape index (κ3) is 1.39. The number of nitrogens with zero attached hydrogens (tertiary/aromatic N) is 1. The van der Waals surface area contributed by atoms with Crippen molar-refractivity contribution in [3.8, 4) is 6.07 Å². The molecule has 0 saturated heterocycles. The summed E-state index contributed by atoms with van der Waals surface area (Å²) >= 11 is 0. The highest BCUT2D eigenvalue weighted by atomic mass is 14.3. The molecule has 1 aliphatic rings. The van der Waals surface area contributed by atoms with Crippen molar-refractivity contribution in [3.63, 3.8) is 0 Å². The largest absolute Gasteiger partial charge is 0.193 e. The van der Waals surface area contributed by atoms with Gasteiger partial charge in [0.2, 0.25) is 0 Å². The fourth-order valence-corrected chi connectivity index (χ4v) is 1.21. The first-order chi connectivity index (χ1) is 4.79. The Morgan fingerprint density at radius 2 is 2.20 bits per heavy atom. The quantitative estimate of drug-likeness (QED) is 0.534. The van der Waals surface area contributed by atoms with E-state index in [0.29, 0.717) is 0 Å². The Bertz CT molecular complexity index is 191. The van der Waals surface area contributed by atoms with Gasteiger partial charge in [-0.2, -0.15) is 5.26 Å². The summed E-state index contributed by atoms with van der Waals surface area (Å²) in [6.07, 6.45) is 3.51. The van der Waals surface area contributed by atoms with Gasteiger partial charge in [0.1, 0.15) is 0 Å². The Kier molecular flexibility index (Phi) is 2.11. The standard InChI is InChI=1S/C9H13N/c1-3-8(6-10)7(2)9-4-5-9/h9H,3-5H2,1-2H3. The van der Waals surface area contributed by atoms with Gasteiger partial charge in [-0.3, -0.25) is 0 Å². The molecule has 0 amide bonds. The zero-order valence-corrected chi connectivity index (χ0v) is 6.65. The second-order valence-electron chi connectivity index (χ2n) is 2.90. The van der Waals surface area contributed by atoms with E-state index in [9.17, 15) is 0 Å². The predicted octanol–water partition coefficient (Wildman–Crippen LogP) is 2.65. The maximum atomic E-state index is 8.67. The summed E-state index contributed by atoms with van der Waals surface area (Å²) in [4.78, 5) is 0. The first-order valence-electron chi connectivity index (χ1n) is 3.89. The van der Waals surface area contributed by atoms with Gasteiger partial charge in [0, 0.05) is 5.57 Å². The van der Waals surface area contributed by atoms with Crippen LogP contribution in [0.4, 0.5) is 0 Å². The molecule has 0 aromatic heterocycles. The molecule has 54 valence electrons. The van der Waals surface area contributed by atoms with Crippen molar-refractivity contribution in [1.82, 2.24) is 0 Å². The second-order valence-corrected chi connectivity index (χ2v) is 2.90. The zero-order valence-electron chi connectivity index (χ0n) is 6.65.